The van der Waals surface area contributed by atoms with Gasteiger partial charge in [-0.15, -0.1) is 0 Å². The van der Waals surface area contributed by atoms with Crippen LogP contribution in [-0.4, -0.2) is 32.8 Å². The number of nitroso groups, excluding NO2 is 1. The van der Waals surface area contributed by atoms with Crippen molar-refractivity contribution < 1.29 is 9.18 Å². The maximum atomic E-state index is 14.4. The summed E-state index contributed by atoms with van der Waals surface area (Å²) in [6.07, 6.45) is 6.18. The summed E-state index contributed by atoms with van der Waals surface area (Å²) in [6, 6.07) is 3.74. The van der Waals surface area contributed by atoms with Gasteiger partial charge in [0.05, 0.1) is 34.9 Å². The molecule has 3 aromatic rings. The molecule has 0 aliphatic heterocycles. The van der Waals surface area contributed by atoms with Crippen molar-refractivity contribution in [1.29, 1.82) is 0 Å². The van der Waals surface area contributed by atoms with Crippen LogP contribution in [-0.2, 0) is 6.54 Å². The molecule has 2 aromatic heterocycles. The number of fused-ring (bicyclic) bond motifs is 1. The van der Waals surface area contributed by atoms with Crippen LogP contribution in [0.5, 0.6) is 0 Å². The Labute approximate surface area is 195 Å². The Hall–Kier alpha value is -3.07. The molecule has 1 aliphatic carbocycles. The fraction of sp³-hybridized carbons (Fsp3) is 0.435. The zero-order chi connectivity index (χ0) is 23.5. The highest BCUT2D eigenvalue weighted by molar-refractivity contribution is 6.30. The molecule has 0 radical (unpaired) electrons. The van der Waals surface area contributed by atoms with Crippen molar-refractivity contribution >= 4 is 34.2 Å². The Morgan fingerprint density at radius 2 is 2.06 bits per heavy atom. The highest BCUT2D eigenvalue weighted by Crippen LogP contribution is 2.31. The molecule has 174 valence electrons. The van der Waals surface area contributed by atoms with E-state index in [-0.39, 0.29) is 18.0 Å². The number of aromatic nitrogens is 3. The number of aryl methyl sites for hydroxylation is 1. The highest BCUT2D eigenvalue weighted by atomic mass is 35.5. The topological polar surface area (TPSA) is 101 Å². The maximum Gasteiger partial charge on any atom is 0.255 e. The summed E-state index contributed by atoms with van der Waals surface area (Å²) < 4.78 is 16.1. The summed E-state index contributed by atoms with van der Waals surface area (Å²) in [5.41, 5.74) is 2.02. The molecule has 10 heteroatoms. The number of rotatable bonds is 7. The van der Waals surface area contributed by atoms with Crippen LogP contribution in [0.3, 0.4) is 0 Å². The molecule has 4 rings (SSSR count). The minimum absolute atomic E-state index is 0.0938. The largest absolute Gasteiger partial charge is 0.381 e. The van der Waals surface area contributed by atoms with Gasteiger partial charge < -0.3 is 10.6 Å². The van der Waals surface area contributed by atoms with Crippen LogP contribution in [0.4, 0.5) is 10.1 Å². The summed E-state index contributed by atoms with van der Waals surface area (Å²) in [5.74, 6) is -0.853. The number of anilines is 1. The Morgan fingerprint density at radius 1 is 1.30 bits per heavy atom. The summed E-state index contributed by atoms with van der Waals surface area (Å²) >= 11 is 5.85. The third-order valence-corrected chi connectivity index (χ3v) is 6.42. The van der Waals surface area contributed by atoms with E-state index in [0.29, 0.717) is 46.9 Å². The van der Waals surface area contributed by atoms with Crippen molar-refractivity contribution in [2.75, 3.05) is 5.32 Å². The van der Waals surface area contributed by atoms with Gasteiger partial charge in [0, 0.05) is 29.4 Å². The second-order valence-corrected chi connectivity index (χ2v) is 8.80. The molecule has 0 saturated heterocycles. The van der Waals surface area contributed by atoms with Gasteiger partial charge in [0.1, 0.15) is 5.82 Å². The molecule has 1 aromatic carbocycles. The van der Waals surface area contributed by atoms with Crippen LogP contribution in [0.25, 0.3) is 11.0 Å². The van der Waals surface area contributed by atoms with E-state index in [1.165, 1.54) is 12.3 Å². The Balaban J connectivity index is 1.63. The van der Waals surface area contributed by atoms with Gasteiger partial charge in [0.15, 0.2) is 5.65 Å². The summed E-state index contributed by atoms with van der Waals surface area (Å²) in [7, 11) is 0. The van der Waals surface area contributed by atoms with Crippen molar-refractivity contribution in [3.8, 4) is 0 Å². The molecule has 1 unspecified atom stereocenters. The molecule has 8 nitrogen and oxygen atoms in total. The number of hydrogen-bond acceptors (Lipinski definition) is 6. The molecule has 1 amide bonds. The monoisotopic (exact) mass is 472 g/mol. The number of halogens is 2. The van der Waals surface area contributed by atoms with Gasteiger partial charge in [-0.1, -0.05) is 22.8 Å². The molecule has 1 atom stereocenters. The molecule has 1 saturated carbocycles. The van der Waals surface area contributed by atoms with Crippen LogP contribution in [0.1, 0.15) is 61.5 Å². The number of benzene rings is 1. The molecule has 1 aliphatic rings. The van der Waals surface area contributed by atoms with Crippen molar-refractivity contribution in [3.63, 3.8) is 0 Å². The molecule has 0 spiro atoms. The number of nitrogens with zero attached hydrogens (tertiary/aromatic N) is 4. The van der Waals surface area contributed by atoms with Crippen LogP contribution in [0.15, 0.2) is 35.8 Å². The van der Waals surface area contributed by atoms with Gasteiger partial charge in [-0.25, -0.2) is 14.1 Å². The summed E-state index contributed by atoms with van der Waals surface area (Å²) in [6.45, 7) is 4.33. The molecule has 1 fully saturated rings. The molecular weight excluding hydrogens is 447 g/mol. The zero-order valence-corrected chi connectivity index (χ0v) is 19.3. The first-order chi connectivity index (χ1) is 15.9. The Bertz CT molecular complexity index is 1180. The maximum absolute atomic E-state index is 14.4. The number of amides is 1. The number of carbonyl (C=O) groups excluding carboxylic acids is 1. The second-order valence-electron chi connectivity index (χ2n) is 8.36. The molecule has 2 heterocycles. The summed E-state index contributed by atoms with van der Waals surface area (Å²) in [5, 5.41) is 15.0. The van der Waals surface area contributed by atoms with Gasteiger partial charge in [-0.3, -0.25) is 4.79 Å². The lowest BCUT2D eigenvalue weighted by atomic mass is 9.91. The van der Waals surface area contributed by atoms with E-state index >= 15 is 0 Å². The van der Waals surface area contributed by atoms with Crippen molar-refractivity contribution in [2.24, 2.45) is 5.18 Å². The minimum atomic E-state index is -0.578. The van der Waals surface area contributed by atoms with Gasteiger partial charge in [0.25, 0.3) is 5.91 Å². The predicted octanol–water partition coefficient (Wildman–Crippen LogP) is 5.22. The Kier molecular flexibility index (Phi) is 6.88. The van der Waals surface area contributed by atoms with Crippen LogP contribution < -0.4 is 10.6 Å². The first-order valence-corrected chi connectivity index (χ1v) is 11.5. The van der Waals surface area contributed by atoms with Crippen LogP contribution in [0.2, 0.25) is 5.02 Å². The molecule has 0 bridgehead atoms. The SMILES string of the molecule is CCn1ncc2c(NC3CCC(N=O)CC3)c(C(=O)NC(C)c3ccc(Cl)cc3F)cnc21. The van der Waals surface area contributed by atoms with Crippen molar-refractivity contribution in [2.45, 2.75) is 64.2 Å². The first kappa shape index (κ1) is 23.1. The fourth-order valence-corrected chi connectivity index (χ4v) is 4.48. The Morgan fingerprint density at radius 3 is 2.73 bits per heavy atom. The van der Waals surface area contributed by atoms with Crippen molar-refractivity contribution in [3.05, 3.63) is 57.5 Å². The van der Waals surface area contributed by atoms with Gasteiger partial charge in [-0.05, 0) is 51.7 Å². The van der Waals surface area contributed by atoms with Crippen LogP contribution >= 0.6 is 11.6 Å². The first-order valence-electron chi connectivity index (χ1n) is 11.1. The smallest absolute Gasteiger partial charge is 0.255 e. The number of pyridine rings is 1. The molecular formula is C23H26ClFN6O2. The number of nitrogens with one attached hydrogen (secondary N) is 2. The van der Waals surface area contributed by atoms with E-state index in [1.807, 2.05) is 6.92 Å². The van der Waals surface area contributed by atoms with E-state index in [9.17, 15) is 14.1 Å². The minimum Gasteiger partial charge on any atom is -0.381 e. The standard InChI is InChI=1S/C23H26ClFN6O2/c1-3-31-22-18(12-27-31)21(29-15-5-7-16(30-33)8-6-15)19(11-26-22)23(32)28-13(2)17-9-4-14(24)10-20(17)25/h4,9-13,15-16H,3,5-8H2,1-2H3,(H,26,29)(H,28,32). The fourth-order valence-electron chi connectivity index (χ4n) is 4.32. The van der Waals surface area contributed by atoms with E-state index in [4.69, 9.17) is 11.6 Å². The molecule has 33 heavy (non-hydrogen) atoms. The second kappa shape index (κ2) is 9.82. The van der Waals surface area contributed by atoms with Crippen molar-refractivity contribution in [1.82, 2.24) is 20.1 Å². The van der Waals surface area contributed by atoms with E-state index < -0.39 is 11.9 Å². The average Bonchev–Trinajstić information content (AvgIpc) is 3.23. The van der Waals surface area contributed by atoms with E-state index in [0.717, 1.165) is 18.2 Å². The van der Waals surface area contributed by atoms with Gasteiger partial charge >= 0.3 is 0 Å². The quantitative estimate of drug-likeness (QED) is 0.459. The van der Waals surface area contributed by atoms with E-state index in [2.05, 4.69) is 25.9 Å². The third-order valence-electron chi connectivity index (χ3n) is 6.18. The highest BCUT2D eigenvalue weighted by Gasteiger charge is 2.26. The zero-order valence-electron chi connectivity index (χ0n) is 18.5. The van der Waals surface area contributed by atoms with Gasteiger partial charge in [-0.2, -0.15) is 10.0 Å². The van der Waals surface area contributed by atoms with Gasteiger partial charge in [0.2, 0.25) is 0 Å². The average molecular weight is 473 g/mol. The number of hydrogen-bond donors (Lipinski definition) is 2. The predicted molar refractivity (Wildman–Crippen MR) is 126 cm³/mol. The third kappa shape index (κ3) is 4.83. The lowest BCUT2D eigenvalue weighted by Gasteiger charge is -2.27. The summed E-state index contributed by atoms with van der Waals surface area (Å²) in [4.78, 5) is 28.6. The van der Waals surface area contributed by atoms with E-state index in [1.54, 1.807) is 29.9 Å². The number of carbonyl (C=O) groups is 1. The molecule has 2 N–H and O–H groups in total. The normalized spacial score (nSPS) is 19.3. The lowest BCUT2D eigenvalue weighted by Crippen LogP contribution is -2.31. The van der Waals surface area contributed by atoms with Crippen LogP contribution in [0, 0.1) is 10.7 Å². The lowest BCUT2D eigenvalue weighted by molar-refractivity contribution is 0.0940.